The summed E-state index contributed by atoms with van der Waals surface area (Å²) in [5.74, 6) is -0.422. The van der Waals surface area contributed by atoms with Crippen molar-refractivity contribution in [3.8, 4) is 10.6 Å². The van der Waals surface area contributed by atoms with Gasteiger partial charge >= 0.3 is 0 Å². The van der Waals surface area contributed by atoms with Gasteiger partial charge in [0.05, 0.1) is 6.20 Å². The van der Waals surface area contributed by atoms with E-state index in [4.69, 9.17) is 17.3 Å². The van der Waals surface area contributed by atoms with Gasteiger partial charge in [0.2, 0.25) is 0 Å². The second kappa shape index (κ2) is 9.30. The maximum absolute atomic E-state index is 13.1. The summed E-state index contributed by atoms with van der Waals surface area (Å²) in [6.45, 7) is 7.14. The molecule has 0 fully saturated rings. The highest BCUT2D eigenvalue weighted by Gasteiger charge is 2.10. The molecule has 0 saturated heterocycles. The van der Waals surface area contributed by atoms with Crippen molar-refractivity contribution in [1.29, 1.82) is 0 Å². The number of ketones is 1. The van der Waals surface area contributed by atoms with Gasteiger partial charge < -0.3 is 10.5 Å². The van der Waals surface area contributed by atoms with E-state index in [2.05, 4.69) is 11.6 Å². The number of primary amides is 1. The lowest BCUT2D eigenvalue weighted by atomic mass is 10.1. The van der Waals surface area contributed by atoms with Gasteiger partial charge in [-0.25, -0.2) is 9.37 Å². The van der Waals surface area contributed by atoms with Crippen LogP contribution in [0.15, 0.2) is 37.1 Å². The molecular formula is C17H18ClFN2O2S. The Kier molecular flexibility index (Phi) is 7.74. The maximum Gasteiger partial charge on any atom is 0.260 e. The third kappa shape index (κ3) is 6.60. The summed E-state index contributed by atoms with van der Waals surface area (Å²) in [4.78, 5) is 25.5. The molecule has 0 spiro atoms. The summed E-state index contributed by atoms with van der Waals surface area (Å²) in [5, 5.41) is 0.793. The van der Waals surface area contributed by atoms with Gasteiger partial charge in [0, 0.05) is 17.0 Å². The summed E-state index contributed by atoms with van der Waals surface area (Å²) >= 11 is 6.82. The minimum absolute atomic E-state index is 0.234. The number of benzene rings is 1. The molecule has 1 aromatic carbocycles. The van der Waals surface area contributed by atoms with Crippen LogP contribution in [0.2, 0.25) is 5.02 Å². The van der Waals surface area contributed by atoms with E-state index in [1.807, 2.05) is 6.92 Å². The molecule has 0 aliphatic rings. The molecular weight excluding hydrogens is 351 g/mol. The second-order valence-electron chi connectivity index (χ2n) is 5.17. The highest BCUT2D eigenvalue weighted by atomic mass is 35.5. The van der Waals surface area contributed by atoms with Crippen molar-refractivity contribution < 1.29 is 14.0 Å². The number of Topliss-reactive ketones (excluding diaryl/α,β-unsaturated/α-hetero) is 1. The third-order valence-corrected chi connectivity index (χ3v) is 4.15. The first-order valence-electron chi connectivity index (χ1n) is 7.07. The topological polar surface area (TPSA) is 73.1 Å². The van der Waals surface area contributed by atoms with E-state index in [-0.39, 0.29) is 10.8 Å². The van der Waals surface area contributed by atoms with Crippen LogP contribution in [0.3, 0.4) is 0 Å². The van der Waals surface area contributed by atoms with E-state index >= 15 is 0 Å². The minimum Gasteiger partial charge on any atom is -0.365 e. The summed E-state index contributed by atoms with van der Waals surface area (Å²) < 4.78 is 13.1. The predicted octanol–water partition coefficient (Wildman–Crippen LogP) is 4.49. The monoisotopic (exact) mass is 368 g/mol. The SMILES string of the molecule is C=CC(C)CC(C)=O.NC(=O)c1cnc(-c2cc(F)cc(Cl)c2)s1. The molecule has 1 heterocycles. The number of carbonyl (C=O) groups excluding carboxylic acids is 2. The Hall–Kier alpha value is -2.05. The Morgan fingerprint density at radius 3 is 2.54 bits per heavy atom. The summed E-state index contributed by atoms with van der Waals surface area (Å²) in [5.41, 5.74) is 5.63. The molecule has 2 N–H and O–H groups in total. The fourth-order valence-electron chi connectivity index (χ4n) is 1.74. The molecule has 7 heteroatoms. The van der Waals surface area contributed by atoms with Gasteiger partial charge in [0.25, 0.3) is 5.91 Å². The molecule has 0 radical (unpaired) electrons. The lowest BCUT2D eigenvalue weighted by Crippen LogP contribution is -2.08. The number of amides is 1. The zero-order valence-corrected chi connectivity index (χ0v) is 15.0. The van der Waals surface area contributed by atoms with Crippen molar-refractivity contribution in [2.24, 2.45) is 11.7 Å². The first-order valence-corrected chi connectivity index (χ1v) is 8.26. The van der Waals surface area contributed by atoms with Gasteiger partial charge in [-0.2, -0.15) is 0 Å². The van der Waals surface area contributed by atoms with Crippen molar-refractivity contribution in [3.05, 3.63) is 52.8 Å². The molecule has 1 unspecified atom stereocenters. The number of carbonyl (C=O) groups is 2. The standard InChI is InChI=1S/C10H6ClFN2OS.C7H12O/c11-6-1-5(2-7(12)3-6)10-14-4-8(16-10)9(13)15;1-4-6(2)5-7(3)8/h1-4H,(H2,13,15);4,6H,1,5H2,2-3H3. The summed E-state index contributed by atoms with van der Waals surface area (Å²) in [6.07, 6.45) is 3.78. The molecule has 1 atom stereocenters. The molecule has 1 aromatic heterocycles. The van der Waals surface area contributed by atoms with E-state index in [0.717, 1.165) is 11.3 Å². The molecule has 128 valence electrons. The van der Waals surface area contributed by atoms with Crippen LogP contribution in [-0.4, -0.2) is 16.7 Å². The lowest BCUT2D eigenvalue weighted by molar-refractivity contribution is -0.117. The van der Waals surface area contributed by atoms with E-state index in [1.165, 1.54) is 18.3 Å². The van der Waals surface area contributed by atoms with Crippen LogP contribution in [0.5, 0.6) is 0 Å². The molecule has 1 amide bonds. The Labute approximate surface area is 149 Å². The average Bonchev–Trinajstić information content (AvgIpc) is 2.96. The van der Waals surface area contributed by atoms with E-state index in [1.54, 1.807) is 19.1 Å². The Balaban J connectivity index is 0.000000307. The average molecular weight is 369 g/mol. The van der Waals surface area contributed by atoms with Crippen molar-refractivity contribution in [2.45, 2.75) is 20.3 Å². The van der Waals surface area contributed by atoms with Crippen molar-refractivity contribution in [1.82, 2.24) is 4.98 Å². The van der Waals surface area contributed by atoms with Gasteiger partial charge in [-0.1, -0.05) is 24.6 Å². The zero-order valence-electron chi connectivity index (χ0n) is 13.4. The number of halogens is 2. The van der Waals surface area contributed by atoms with Crippen molar-refractivity contribution in [3.63, 3.8) is 0 Å². The summed E-state index contributed by atoms with van der Waals surface area (Å²) in [6, 6.07) is 4.08. The fourth-order valence-corrected chi connectivity index (χ4v) is 2.71. The van der Waals surface area contributed by atoms with Gasteiger partial charge in [-0.05, 0) is 31.0 Å². The smallest absolute Gasteiger partial charge is 0.260 e. The van der Waals surface area contributed by atoms with Crippen LogP contribution in [0.4, 0.5) is 4.39 Å². The number of nitrogens with zero attached hydrogens (tertiary/aromatic N) is 1. The number of thiazole rings is 1. The largest absolute Gasteiger partial charge is 0.365 e. The first kappa shape index (κ1) is 20.0. The van der Waals surface area contributed by atoms with Crippen LogP contribution in [0, 0.1) is 11.7 Å². The van der Waals surface area contributed by atoms with Crippen molar-refractivity contribution >= 4 is 34.6 Å². The number of allylic oxidation sites excluding steroid dienone is 1. The molecule has 2 aromatic rings. The summed E-state index contributed by atoms with van der Waals surface area (Å²) in [7, 11) is 0. The van der Waals surface area contributed by atoms with Gasteiger partial charge in [-0.15, -0.1) is 17.9 Å². The Bertz CT molecular complexity index is 726. The zero-order chi connectivity index (χ0) is 18.3. The van der Waals surface area contributed by atoms with Gasteiger partial charge in [-0.3, -0.25) is 4.79 Å². The van der Waals surface area contributed by atoms with Gasteiger partial charge in [0.15, 0.2) is 0 Å². The number of rotatable bonds is 5. The molecule has 0 bridgehead atoms. The number of hydrogen-bond acceptors (Lipinski definition) is 4. The highest BCUT2D eigenvalue weighted by molar-refractivity contribution is 7.16. The number of nitrogens with two attached hydrogens (primary N) is 1. The van der Waals surface area contributed by atoms with Crippen molar-refractivity contribution in [2.75, 3.05) is 0 Å². The van der Waals surface area contributed by atoms with Crippen LogP contribution in [0.1, 0.15) is 29.9 Å². The molecule has 0 aliphatic carbocycles. The molecule has 2 rings (SSSR count). The quantitative estimate of drug-likeness (QED) is 0.790. The van der Waals surface area contributed by atoms with Crippen LogP contribution >= 0.6 is 22.9 Å². The minimum atomic E-state index is -0.550. The van der Waals surface area contributed by atoms with E-state index < -0.39 is 11.7 Å². The number of hydrogen-bond donors (Lipinski definition) is 1. The number of aromatic nitrogens is 1. The van der Waals surface area contributed by atoms with Crippen LogP contribution in [0.25, 0.3) is 10.6 Å². The van der Waals surface area contributed by atoms with Crippen LogP contribution in [-0.2, 0) is 4.79 Å². The third-order valence-electron chi connectivity index (χ3n) is 2.87. The second-order valence-corrected chi connectivity index (χ2v) is 6.64. The van der Waals surface area contributed by atoms with E-state index in [9.17, 15) is 14.0 Å². The predicted molar refractivity (Wildman–Crippen MR) is 95.7 cm³/mol. The Morgan fingerprint density at radius 2 is 2.12 bits per heavy atom. The highest BCUT2D eigenvalue weighted by Crippen LogP contribution is 2.28. The lowest BCUT2D eigenvalue weighted by Gasteiger charge is -1.98. The Morgan fingerprint density at radius 1 is 1.46 bits per heavy atom. The molecule has 4 nitrogen and oxygen atoms in total. The van der Waals surface area contributed by atoms with Crippen LogP contribution < -0.4 is 5.73 Å². The fraction of sp³-hybridized carbons (Fsp3) is 0.235. The van der Waals surface area contributed by atoms with E-state index in [0.29, 0.717) is 27.8 Å². The molecule has 0 aliphatic heterocycles. The normalized spacial score (nSPS) is 11.2. The van der Waals surface area contributed by atoms with Gasteiger partial charge in [0.1, 0.15) is 21.5 Å². The maximum atomic E-state index is 13.1. The first-order chi connectivity index (χ1) is 11.2. The molecule has 24 heavy (non-hydrogen) atoms. The molecule has 0 saturated carbocycles.